The molecule has 0 unspecified atom stereocenters. The van der Waals surface area contributed by atoms with Crippen molar-refractivity contribution in [2.24, 2.45) is 0 Å². The molecule has 0 aromatic carbocycles. The first-order chi connectivity index (χ1) is 8.33. The summed E-state index contributed by atoms with van der Waals surface area (Å²) in [7, 11) is 0. The predicted octanol–water partition coefficient (Wildman–Crippen LogP) is 2.24. The molecule has 1 aliphatic carbocycles. The zero-order valence-corrected chi connectivity index (χ0v) is 9.57. The molecule has 0 atom stereocenters. The number of aromatic amines is 1. The number of carbonyl (C=O) groups is 1. The summed E-state index contributed by atoms with van der Waals surface area (Å²) in [4.78, 5) is 19.1. The molecule has 0 aliphatic heterocycles. The Hall–Kier alpha value is -1.84. The van der Waals surface area contributed by atoms with Crippen LogP contribution in [0.1, 0.15) is 36.2 Å². The van der Waals surface area contributed by atoms with Crippen molar-refractivity contribution < 1.29 is 4.79 Å². The smallest absolute Gasteiger partial charge is 0.267 e. The minimum absolute atomic E-state index is 0.00639. The summed E-state index contributed by atoms with van der Waals surface area (Å²) in [6.45, 7) is 0. The van der Waals surface area contributed by atoms with Crippen LogP contribution in [-0.4, -0.2) is 21.9 Å². The maximum atomic E-state index is 12.0. The summed E-state index contributed by atoms with van der Waals surface area (Å²) in [5, 5.41) is 4.09. The maximum absolute atomic E-state index is 12.0. The van der Waals surface area contributed by atoms with Gasteiger partial charge in [-0.3, -0.25) is 9.78 Å². The molecule has 1 aliphatic rings. The Labute approximate surface area is 99.4 Å². The van der Waals surface area contributed by atoms with E-state index >= 15 is 0 Å². The molecule has 1 fully saturated rings. The van der Waals surface area contributed by atoms with E-state index in [0.717, 1.165) is 23.7 Å². The Kier molecular flexibility index (Phi) is 2.55. The minimum atomic E-state index is -0.00639. The standard InChI is InChI=1S/C13H15N3O/c17-13(15-10-3-1-2-4-10)11-7-9-5-6-14-8-12(9)16-11/h5-8,10,16H,1-4H2,(H,15,17). The van der Waals surface area contributed by atoms with Crippen LogP contribution in [0.5, 0.6) is 0 Å². The molecule has 2 N–H and O–H groups in total. The van der Waals surface area contributed by atoms with Gasteiger partial charge in [0.1, 0.15) is 5.69 Å². The second-order valence-corrected chi connectivity index (χ2v) is 4.60. The molecular formula is C13H15N3O. The van der Waals surface area contributed by atoms with Gasteiger partial charge < -0.3 is 10.3 Å². The summed E-state index contributed by atoms with van der Waals surface area (Å²) in [6, 6.07) is 4.13. The molecule has 0 radical (unpaired) electrons. The van der Waals surface area contributed by atoms with Gasteiger partial charge in [0.15, 0.2) is 0 Å². The van der Waals surface area contributed by atoms with Crippen molar-refractivity contribution in [3.63, 3.8) is 0 Å². The number of pyridine rings is 1. The third kappa shape index (κ3) is 2.02. The van der Waals surface area contributed by atoms with Crippen LogP contribution in [0.15, 0.2) is 24.5 Å². The van der Waals surface area contributed by atoms with Crippen LogP contribution in [0.2, 0.25) is 0 Å². The molecule has 0 bridgehead atoms. The number of hydrogen-bond donors (Lipinski definition) is 2. The van der Waals surface area contributed by atoms with Gasteiger partial charge in [0, 0.05) is 17.6 Å². The normalized spacial score (nSPS) is 16.5. The predicted molar refractivity (Wildman–Crippen MR) is 65.8 cm³/mol. The van der Waals surface area contributed by atoms with E-state index in [9.17, 15) is 4.79 Å². The van der Waals surface area contributed by atoms with E-state index in [0.29, 0.717) is 11.7 Å². The zero-order chi connectivity index (χ0) is 11.7. The lowest BCUT2D eigenvalue weighted by molar-refractivity contribution is 0.0933. The summed E-state index contributed by atoms with van der Waals surface area (Å²) in [5.41, 5.74) is 1.53. The van der Waals surface area contributed by atoms with Crippen molar-refractivity contribution in [3.8, 4) is 0 Å². The molecule has 2 aromatic heterocycles. The van der Waals surface area contributed by atoms with E-state index in [-0.39, 0.29) is 5.91 Å². The number of rotatable bonds is 2. The molecule has 4 heteroatoms. The molecule has 17 heavy (non-hydrogen) atoms. The highest BCUT2D eigenvalue weighted by Gasteiger charge is 2.18. The van der Waals surface area contributed by atoms with Crippen LogP contribution in [0, 0.1) is 0 Å². The fourth-order valence-electron chi connectivity index (χ4n) is 2.43. The maximum Gasteiger partial charge on any atom is 0.267 e. The molecule has 0 spiro atoms. The summed E-state index contributed by atoms with van der Waals surface area (Å²) >= 11 is 0. The van der Waals surface area contributed by atoms with Crippen LogP contribution in [0.25, 0.3) is 10.9 Å². The molecule has 0 saturated heterocycles. The molecular weight excluding hydrogens is 214 g/mol. The van der Waals surface area contributed by atoms with Crippen molar-refractivity contribution in [1.82, 2.24) is 15.3 Å². The lowest BCUT2D eigenvalue weighted by Gasteiger charge is -2.10. The lowest BCUT2D eigenvalue weighted by Crippen LogP contribution is -2.32. The average molecular weight is 229 g/mol. The third-order valence-corrected chi connectivity index (χ3v) is 3.36. The van der Waals surface area contributed by atoms with Gasteiger partial charge in [0.25, 0.3) is 5.91 Å². The van der Waals surface area contributed by atoms with E-state index in [4.69, 9.17) is 0 Å². The zero-order valence-electron chi connectivity index (χ0n) is 9.57. The van der Waals surface area contributed by atoms with Gasteiger partial charge in [0.05, 0.1) is 11.7 Å². The number of amides is 1. The largest absolute Gasteiger partial charge is 0.349 e. The van der Waals surface area contributed by atoms with Gasteiger partial charge in [-0.05, 0) is 25.0 Å². The first kappa shape index (κ1) is 10.3. The molecule has 4 nitrogen and oxygen atoms in total. The van der Waals surface area contributed by atoms with E-state index in [1.165, 1.54) is 12.8 Å². The van der Waals surface area contributed by atoms with Gasteiger partial charge in [-0.25, -0.2) is 0 Å². The SMILES string of the molecule is O=C(NC1CCCC1)c1cc2ccncc2[nH]1. The number of aromatic nitrogens is 2. The highest BCUT2D eigenvalue weighted by atomic mass is 16.1. The van der Waals surface area contributed by atoms with Crippen LogP contribution < -0.4 is 5.32 Å². The highest BCUT2D eigenvalue weighted by molar-refractivity contribution is 5.97. The van der Waals surface area contributed by atoms with E-state index in [1.54, 1.807) is 12.4 Å². The number of hydrogen-bond acceptors (Lipinski definition) is 2. The van der Waals surface area contributed by atoms with E-state index in [1.807, 2.05) is 12.1 Å². The van der Waals surface area contributed by atoms with Crippen LogP contribution in [0.3, 0.4) is 0 Å². The molecule has 1 amide bonds. The molecule has 3 rings (SSSR count). The van der Waals surface area contributed by atoms with Gasteiger partial charge >= 0.3 is 0 Å². The van der Waals surface area contributed by atoms with Crippen molar-refractivity contribution in [1.29, 1.82) is 0 Å². The van der Waals surface area contributed by atoms with Gasteiger partial charge in [-0.15, -0.1) is 0 Å². The van der Waals surface area contributed by atoms with E-state index in [2.05, 4.69) is 15.3 Å². The van der Waals surface area contributed by atoms with Crippen molar-refractivity contribution in [2.75, 3.05) is 0 Å². The van der Waals surface area contributed by atoms with Gasteiger partial charge in [-0.2, -0.15) is 0 Å². The van der Waals surface area contributed by atoms with Crippen molar-refractivity contribution >= 4 is 16.8 Å². The van der Waals surface area contributed by atoms with Crippen LogP contribution >= 0.6 is 0 Å². The monoisotopic (exact) mass is 229 g/mol. The summed E-state index contributed by atoms with van der Waals surface area (Å²) < 4.78 is 0. The molecule has 2 heterocycles. The Morgan fingerprint density at radius 3 is 3.00 bits per heavy atom. The first-order valence-corrected chi connectivity index (χ1v) is 6.06. The van der Waals surface area contributed by atoms with Crippen molar-refractivity contribution in [2.45, 2.75) is 31.7 Å². The summed E-state index contributed by atoms with van der Waals surface area (Å²) in [5.74, 6) is -0.00639. The highest BCUT2D eigenvalue weighted by Crippen LogP contribution is 2.19. The lowest BCUT2D eigenvalue weighted by atomic mass is 10.2. The number of nitrogens with one attached hydrogen (secondary N) is 2. The van der Waals surface area contributed by atoms with Crippen LogP contribution in [0.4, 0.5) is 0 Å². The van der Waals surface area contributed by atoms with Gasteiger partial charge in [-0.1, -0.05) is 12.8 Å². The third-order valence-electron chi connectivity index (χ3n) is 3.36. The Bertz CT molecular complexity index is 507. The first-order valence-electron chi connectivity index (χ1n) is 6.06. The van der Waals surface area contributed by atoms with Crippen LogP contribution in [-0.2, 0) is 0 Å². The number of carbonyl (C=O) groups excluding carboxylic acids is 1. The minimum Gasteiger partial charge on any atom is -0.349 e. The molecule has 2 aromatic rings. The fourth-order valence-corrected chi connectivity index (χ4v) is 2.43. The quantitative estimate of drug-likeness (QED) is 0.829. The second-order valence-electron chi connectivity index (χ2n) is 4.60. The van der Waals surface area contributed by atoms with Crippen molar-refractivity contribution in [3.05, 3.63) is 30.2 Å². The fraction of sp³-hybridized carbons (Fsp3) is 0.385. The van der Waals surface area contributed by atoms with Gasteiger partial charge in [0.2, 0.25) is 0 Å². The Balaban J connectivity index is 1.80. The number of H-pyrrole nitrogens is 1. The average Bonchev–Trinajstić information content (AvgIpc) is 2.96. The topological polar surface area (TPSA) is 57.8 Å². The number of nitrogens with zero attached hydrogens (tertiary/aromatic N) is 1. The molecule has 88 valence electrons. The second kappa shape index (κ2) is 4.20. The number of fused-ring (bicyclic) bond motifs is 1. The summed E-state index contributed by atoms with van der Waals surface area (Å²) in [6.07, 6.45) is 8.13. The Morgan fingerprint density at radius 1 is 1.41 bits per heavy atom. The molecule has 1 saturated carbocycles. The van der Waals surface area contributed by atoms with E-state index < -0.39 is 0 Å². The Morgan fingerprint density at radius 2 is 2.24 bits per heavy atom.